The van der Waals surface area contributed by atoms with E-state index in [0.29, 0.717) is 12.5 Å². The maximum Gasteiger partial charge on any atom is 0.193 e. The van der Waals surface area contributed by atoms with Gasteiger partial charge >= 0.3 is 0 Å². The minimum Gasteiger partial charge on any atom is -0.357 e. The number of guanidine groups is 1. The summed E-state index contributed by atoms with van der Waals surface area (Å²) in [6.45, 7) is 9.82. The summed E-state index contributed by atoms with van der Waals surface area (Å²) in [6, 6.07) is 6.74. The first kappa shape index (κ1) is 19.4. The molecule has 1 saturated heterocycles. The van der Waals surface area contributed by atoms with Gasteiger partial charge in [0.25, 0.3) is 0 Å². The fourth-order valence-electron chi connectivity index (χ4n) is 3.57. The molecule has 6 heteroatoms. The van der Waals surface area contributed by atoms with Gasteiger partial charge in [-0.3, -0.25) is 9.67 Å². The standard InChI is InChI=1S/C21H30FN5/c1-5-23-20(24-15-21(2,3)18-6-8-19(22)9-7-18)27-11-10-16(14-27)17-12-25-26(4)13-17/h6-9,12-13,16H,5,10-11,14-15H2,1-4H3,(H,23,24). The van der Waals surface area contributed by atoms with Crippen LogP contribution in [0.2, 0.25) is 0 Å². The second-order valence-electron chi connectivity index (χ2n) is 7.94. The minimum absolute atomic E-state index is 0.156. The fourth-order valence-corrected chi connectivity index (χ4v) is 3.57. The van der Waals surface area contributed by atoms with Crippen LogP contribution in [0, 0.1) is 5.82 Å². The smallest absolute Gasteiger partial charge is 0.193 e. The summed E-state index contributed by atoms with van der Waals surface area (Å²) in [4.78, 5) is 7.25. The molecule has 3 rings (SSSR count). The van der Waals surface area contributed by atoms with Crippen LogP contribution in [0.25, 0.3) is 0 Å². The van der Waals surface area contributed by atoms with Gasteiger partial charge in [-0.15, -0.1) is 0 Å². The highest BCUT2D eigenvalue weighted by atomic mass is 19.1. The molecule has 2 heterocycles. The van der Waals surface area contributed by atoms with Crippen LogP contribution in [-0.2, 0) is 12.5 Å². The van der Waals surface area contributed by atoms with Crippen molar-refractivity contribution in [2.24, 2.45) is 12.0 Å². The number of nitrogens with zero attached hydrogens (tertiary/aromatic N) is 4. The Balaban J connectivity index is 1.70. The Hall–Kier alpha value is -2.37. The van der Waals surface area contributed by atoms with Gasteiger partial charge in [-0.2, -0.15) is 5.10 Å². The topological polar surface area (TPSA) is 45.5 Å². The quantitative estimate of drug-likeness (QED) is 0.648. The van der Waals surface area contributed by atoms with Crippen LogP contribution >= 0.6 is 0 Å². The van der Waals surface area contributed by atoms with Gasteiger partial charge < -0.3 is 10.2 Å². The zero-order valence-corrected chi connectivity index (χ0v) is 16.7. The van der Waals surface area contributed by atoms with E-state index in [1.807, 2.05) is 30.1 Å². The maximum atomic E-state index is 13.2. The van der Waals surface area contributed by atoms with Crippen LogP contribution < -0.4 is 5.32 Å². The second-order valence-corrected chi connectivity index (χ2v) is 7.94. The predicted molar refractivity (Wildman–Crippen MR) is 108 cm³/mol. The highest BCUT2D eigenvalue weighted by molar-refractivity contribution is 5.80. The van der Waals surface area contributed by atoms with Crippen LogP contribution in [0.3, 0.4) is 0 Å². The van der Waals surface area contributed by atoms with Gasteiger partial charge in [0, 0.05) is 44.2 Å². The molecule has 1 N–H and O–H groups in total. The summed E-state index contributed by atoms with van der Waals surface area (Å²) in [5.41, 5.74) is 2.23. The molecule has 0 radical (unpaired) electrons. The molecule has 1 aliphatic heterocycles. The van der Waals surface area contributed by atoms with Gasteiger partial charge in [0.15, 0.2) is 5.96 Å². The number of benzene rings is 1. The Bertz CT molecular complexity index is 778. The molecular formula is C21H30FN5. The highest BCUT2D eigenvalue weighted by Crippen LogP contribution is 2.27. The van der Waals surface area contributed by atoms with E-state index in [-0.39, 0.29) is 11.2 Å². The van der Waals surface area contributed by atoms with E-state index in [4.69, 9.17) is 4.99 Å². The summed E-state index contributed by atoms with van der Waals surface area (Å²) < 4.78 is 15.1. The first-order valence-corrected chi connectivity index (χ1v) is 9.67. The van der Waals surface area contributed by atoms with Gasteiger partial charge in [-0.25, -0.2) is 4.39 Å². The molecule has 1 atom stereocenters. The van der Waals surface area contributed by atoms with Gasteiger partial charge in [0.1, 0.15) is 5.82 Å². The van der Waals surface area contributed by atoms with Crippen LogP contribution in [0.1, 0.15) is 44.2 Å². The van der Waals surface area contributed by atoms with Crippen LogP contribution in [0.5, 0.6) is 0 Å². The molecule has 0 amide bonds. The van der Waals surface area contributed by atoms with Crippen molar-refractivity contribution in [1.82, 2.24) is 20.0 Å². The van der Waals surface area contributed by atoms with Crippen molar-refractivity contribution in [3.63, 3.8) is 0 Å². The molecule has 27 heavy (non-hydrogen) atoms. The van der Waals surface area contributed by atoms with E-state index in [0.717, 1.165) is 37.6 Å². The van der Waals surface area contributed by atoms with E-state index in [1.165, 1.54) is 17.7 Å². The summed E-state index contributed by atoms with van der Waals surface area (Å²) in [7, 11) is 1.96. The SMILES string of the molecule is CCNC(=NCC(C)(C)c1ccc(F)cc1)N1CCC(c2cnn(C)c2)C1. The minimum atomic E-state index is -0.204. The molecule has 1 aliphatic rings. The molecule has 1 aromatic heterocycles. The number of nitrogens with one attached hydrogen (secondary N) is 1. The first-order chi connectivity index (χ1) is 12.9. The number of hydrogen-bond donors (Lipinski definition) is 1. The Morgan fingerprint density at radius 2 is 2.07 bits per heavy atom. The third kappa shape index (κ3) is 4.67. The predicted octanol–water partition coefficient (Wildman–Crippen LogP) is 3.29. The van der Waals surface area contributed by atoms with E-state index >= 15 is 0 Å². The number of aryl methyl sites for hydroxylation is 1. The van der Waals surface area contributed by atoms with Gasteiger partial charge in [-0.1, -0.05) is 26.0 Å². The van der Waals surface area contributed by atoms with Crippen molar-refractivity contribution in [3.05, 3.63) is 53.6 Å². The number of rotatable bonds is 5. The van der Waals surface area contributed by atoms with Crippen molar-refractivity contribution in [1.29, 1.82) is 0 Å². The van der Waals surface area contributed by atoms with E-state index in [2.05, 4.69) is 42.3 Å². The summed E-state index contributed by atoms with van der Waals surface area (Å²) in [5, 5.41) is 7.73. The lowest BCUT2D eigenvalue weighted by molar-refractivity contribution is 0.474. The number of aromatic nitrogens is 2. The van der Waals surface area contributed by atoms with Gasteiger partial charge in [0.05, 0.1) is 12.7 Å². The lowest BCUT2D eigenvalue weighted by Crippen LogP contribution is -2.41. The molecule has 0 saturated carbocycles. The normalized spacial score (nSPS) is 18.2. The van der Waals surface area contributed by atoms with Crippen molar-refractivity contribution in [2.75, 3.05) is 26.2 Å². The lowest BCUT2D eigenvalue weighted by atomic mass is 9.85. The highest BCUT2D eigenvalue weighted by Gasteiger charge is 2.28. The average molecular weight is 372 g/mol. The molecule has 1 unspecified atom stereocenters. The van der Waals surface area contributed by atoms with Gasteiger partial charge in [-0.05, 0) is 36.6 Å². The van der Waals surface area contributed by atoms with E-state index < -0.39 is 0 Å². The number of aliphatic imine (C=N–C) groups is 1. The Morgan fingerprint density at radius 3 is 2.70 bits per heavy atom. The molecule has 0 aliphatic carbocycles. The second kappa shape index (κ2) is 8.11. The van der Waals surface area contributed by atoms with Gasteiger partial charge in [0.2, 0.25) is 0 Å². The Kier molecular flexibility index (Phi) is 5.82. The number of hydrogen-bond acceptors (Lipinski definition) is 2. The fraction of sp³-hybridized carbons (Fsp3) is 0.524. The first-order valence-electron chi connectivity index (χ1n) is 9.67. The third-order valence-electron chi connectivity index (χ3n) is 5.27. The Morgan fingerprint density at radius 1 is 1.33 bits per heavy atom. The number of likely N-dealkylation sites (tertiary alicyclic amines) is 1. The van der Waals surface area contributed by atoms with E-state index in [1.54, 1.807) is 0 Å². The maximum absolute atomic E-state index is 13.2. The lowest BCUT2D eigenvalue weighted by Gasteiger charge is -2.26. The zero-order valence-electron chi connectivity index (χ0n) is 16.7. The van der Waals surface area contributed by atoms with Crippen molar-refractivity contribution >= 4 is 5.96 Å². The van der Waals surface area contributed by atoms with Crippen molar-refractivity contribution in [3.8, 4) is 0 Å². The largest absolute Gasteiger partial charge is 0.357 e. The summed E-state index contributed by atoms with van der Waals surface area (Å²) in [6.07, 6.45) is 5.18. The van der Waals surface area contributed by atoms with Crippen LogP contribution in [0.15, 0.2) is 41.7 Å². The summed E-state index contributed by atoms with van der Waals surface area (Å²) >= 11 is 0. The number of halogens is 1. The zero-order chi connectivity index (χ0) is 19.4. The molecule has 5 nitrogen and oxygen atoms in total. The molecular weight excluding hydrogens is 341 g/mol. The molecule has 146 valence electrons. The molecule has 0 bridgehead atoms. The van der Waals surface area contributed by atoms with Crippen LogP contribution in [0.4, 0.5) is 4.39 Å². The monoisotopic (exact) mass is 371 g/mol. The summed E-state index contributed by atoms with van der Waals surface area (Å²) in [5.74, 6) is 1.25. The van der Waals surface area contributed by atoms with Crippen LogP contribution in [-0.4, -0.2) is 46.8 Å². The van der Waals surface area contributed by atoms with Crippen molar-refractivity contribution < 1.29 is 4.39 Å². The third-order valence-corrected chi connectivity index (χ3v) is 5.27. The molecule has 1 fully saturated rings. The molecule has 2 aromatic rings. The molecule has 1 aromatic carbocycles. The average Bonchev–Trinajstić information content (AvgIpc) is 3.28. The molecule has 0 spiro atoms. The Labute approximate surface area is 161 Å². The van der Waals surface area contributed by atoms with E-state index in [9.17, 15) is 4.39 Å². The van der Waals surface area contributed by atoms with Crippen molar-refractivity contribution in [2.45, 2.75) is 38.5 Å².